The van der Waals surface area contributed by atoms with Crippen LogP contribution in [0.2, 0.25) is 0 Å². The molecule has 0 aliphatic heterocycles. The summed E-state index contributed by atoms with van der Waals surface area (Å²) in [6.45, 7) is 4.66. The van der Waals surface area contributed by atoms with Gasteiger partial charge in [0.1, 0.15) is 24.1 Å². The fourth-order valence-electron chi connectivity index (χ4n) is 2.24. The van der Waals surface area contributed by atoms with Gasteiger partial charge < -0.3 is 25.5 Å². The number of aldehydes is 1. The molecule has 0 spiro atoms. The number of benzene rings is 1. The Morgan fingerprint density at radius 2 is 1.69 bits per heavy atom. The molecule has 9 nitrogen and oxygen atoms in total. The van der Waals surface area contributed by atoms with Gasteiger partial charge in [-0.25, -0.2) is 4.79 Å². The minimum Gasteiger partial charge on any atom is -0.425 e. The van der Waals surface area contributed by atoms with Gasteiger partial charge >= 0.3 is 5.97 Å². The first kappa shape index (κ1) is 24.2. The summed E-state index contributed by atoms with van der Waals surface area (Å²) >= 11 is 3.54. The molecule has 3 atom stereocenters. The van der Waals surface area contributed by atoms with E-state index in [4.69, 9.17) is 4.74 Å². The van der Waals surface area contributed by atoms with Gasteiger partial charge in [-0.1, -0.05) is 31.7 Å². The normalized spacial score (nSPS) is 13.4. The highest BCUT2D eigenvalue weighted by molar-refractivity contribution is 7.96. The van der Waals surface area contributed by atoms with Crippen molar-refractivity contribution in [1.82, 2.24) is 16.0 Å². The van der Waals surface area contributed by atoms with E-state index in [0.29, 0.717) is 11.8 Å². The monoisotopic (exact) mass is 423 g/mol. The smallest absolute Gasteiger partial charge is 0.333 e. The van der Waals surface area contributed by atoms with Crippen LogP contribution in [0.1, 0.15) is 32.8 Å². The van der Waals surface area contributed by atoms with Crippen molar-refractivity contribution in [3.63, 3.8) is 0 Å². The fourth-order valence-corrected chi connectivity index (χ4v) is 2.44. The van der Waals surface area contributed by atoms with Gasteiger partial charge in [-0.2, -0.15) is 0 Å². The van der Waals surface area contributed by atoms with Crippen molar-refractivity contribution in [2.24, 2.45) is 0 Å². The van der Waals surface area contributed by atoms with Crippen molar-refractivity contribution in [3.05, 3.63) is 29.8 Å². The average Bonchev–Trinajstić information content (AvgIpc) is 2.67. The Balaban J connectivity index is 2.80. The van der Waals surface area contributed by atoms with E-state index >= 15 is 0 Å². The molecule has 3 N–H and O–H groups in total. The first-order chi connectivity index (χ1) is 13.7. The average molecular weight is 423 g/mol. The van der Waals surface area contributed by atoms with Gasteiger partial charge in [-0.3, -0.25) is 14.4 Å². The first-order valence-electron chi connectivity index (χ1n) is 9.01. The van der Waals surface area contributed by atoms with Gasteiger partial charge in [0.2, 0.25) is 11.8 Å². The summed E-state index contributed by atoms with van der Waals surface area (Å²) in [6.07, 6.45) is 0.989. The Hall–Kier alpha value is -2.88. The molecule has 1 rings (SSSR count). The minimum atomic E-state index is -0.864. The maximum Gasteiger partial charge on any atom is 0.333 e. The number of ether oxygens (including phenoxy) is 1. The Kier molecular flexibility index (Phi) is 9.87. The lowest BCUT2D eigenvalue weighted by molar-refractivity contribution is -0.136. The Bertz CT molecular complexity index is 753. The summed E-state index contributed by atoms with van der Waals surface area (Å²) in [5, 5.41) is 6.79. The number of amides is 3. The minimum absolute atomic E-state index is 0.184. The second-order valence-corrected chi connectivity index (χ2v) is 6.75. The highest BCUT2D eigenvalue weighted by Gasteiger charge is 2.22. The molecule has 0 aliphatic carbocycles. The highest BCUT2D eigenvalue weighted by atomic mass is 32.1. The number of hydrogen-bond donors (Lipinski definition) is 4. The van der Waals surface area contributed by atoms with Crippen LogP contribution in [0.4, 0.5) is 4.79 Å². The summed E-state index contributed by atoms with van der Waals surface area (Å²) in [5.41, 5.74) is 0.705. The van der Waals surface area contributed by atoms with Crippen LogP contribution < -0.4 is 20.7 Å². The zero-order valence-corrected chi connectivity index (χ0v) is 17.3. The molecule has 1 aromatic carbocycles. The summed E-state index contributed by atoms with van der Waals surface area (Å²) in [4.78, 5) is 57.6. The van der Waals surface area contributed by atoms with Crippen LogP contribution in [0, 0.1) is 0 Å². The summed E-state index contributed by atoms with van der Waals surface area (Å²) in [5.74, 6) is -1.17. The quantitative estimate of drug-likeness (QED) is 0.190. The standard InChI is InChI=1S/C19H25N3O6S/c1-4-16(24)22-15(17(25)20-11(2)10-23)9-13-5-7-14(8-6-13)28-18(26)12(3)21-19(27)29/h5-8,10-12,15H,4,9H2,1-3H3,(H,20,25)(H,22,24)(H2,21,27,29). The van der Waals surface area contributed by atoms with Gasteiger partial charge in [0.25, 0.3) is 5.24 Å². The van der Waals surface area contributed by atoms with E-state index in [1.807, 2.05) is 0 Å². The third kappa shape index (κ3) is 8.77. The Labute approximate surface area is 174 Å². The SMILES string of the molecule is CCC(=O)NC(Cc1ccc(OC(=O)C(C)NC(=O)S)cc1)C(=O)NC(C)C=O. The van der Waals surface area contributed by atoms with Crippen LogP contribution in [0.5, 0.6) is 5.75 Å². The van der Waals surface area contributed by atoms with E-state index in [1.54, 1.807) is 19.1 Å². The first-order valence-corrected chi connectivity index (χ1v) is 9.46. The maximum atomic E-state index is 12.3. The molecule has 1 aromatic rings. The van der Waals surface area contributed by atoms with Gasteiger partial charge in [0.05, 0.1) is 6.04 Å². The van der Waals surface area contributed by atoms with E-state index < -0.39 is 35.2 Å². The van der Waals surface area contributed by atoms with Gasteiger partial charge in [-0.05, 0) is 31.5 Å². The number of hydrogen-bond acceptors (Lipinski definition) is 6. The van der Waals surface area contributed by atoms with E-state index in [2.05, 4.69) is 28.6 Å². The molecular weight excluding hydrogens is 398 g/mol. The fraction of sp³-hybridized carbons (Fsp3) is 0.421. The van der Waals surface area contributed by atoms with Crippen LogP contribution in [0.25, 0.3) is 0 Å². The third-order valence-corrected chi connectivity index (χ3v) is 3.95. The molecule has 0 radical (unpaired) electrons. The van der Waals surface area contributed by atoms with Crippen LogP contribution in [-0.4, -0.2) is 47.4 Å². The molecule has 0 fully saturated rings. The van der Waals surface area contributed by atoms with E-state index in [1.165, 1.54) is 26.0 Å². The molecule has 29 heavy (non-hydrogen) atoms. The summed E-state index contributed by atoms with van der Waals surface area (Å²) in [6, 6.07) is 3.96. The number of esters is 1. The molecule has 3 amide bonds. The zero-order chi connectivity index (χ0) is 22.0. The van der Waals surface area contributed by atoms with Crippen LogP contribution in [-0.2, 0) is 25.6 Å². The lowest BCUT2D eigenvalue weighted by atomic mass is 10.0. The Morgan fingerprint density at radius 3 is 2.21 bits per heavy atom. The summed E-state index contributed by atoms with van der Waals surface area (Å²) in [7, 11) is 0. The number of carbonyl (C=O) groups excluding carboxylic acids is 5. The van der Waals surface area contributed by atoms with Gasteiger partial charge in [0.15, 0.2) is 0 Å². The van der Waals surface area contributed by atoms with E-state index in [-0.39, 0.29) is 24.5 Å². The molecular formula is C19H25N3O6S. The van der Waals surface area contributed by atoms with Crippen molar-refractivity contribution in [1.29, 1.82) is 0 Å². The van der Waals surface area contributed by atoms with Crippen molar-refractivity contribution < 1.29 is 28.7 Å². The predicted molar refractivity (Wildman–Crippen MR) is 109 cm³/mol. The van der Waals surface area contributed by atoms with Crippen LogP contribution in [0.3, 0.4) is 0 Å². The highest BCUT2D eigenvalue weighted by Crippen LogP contribution is 2.14. The number of carbonyl (C=O) groups is 5. The van der Waals surface area contributed by atoms with Gasteiger partial charge in [0, 0.05) is 12.8 Å². The molecule has 0 bridgehead atoms. The molecule has 0 heterocycles. The van der Waals surface area contributed by atoms with Crippen molar-refractivity contribution >= 4 is 41.9 Å². The zero-order valence-electron chi connectivity index (χ0n) is 16.4. The molecule has 158 valence electrons. The van der Waals surface area contributed by atoms with Crippen LogP contribution in [0.15, 0.2) is 24.3 Å². The van der Waals surface area contributed by atoms with E-state index in [9.17, 15) is 24.0 Å². The molecule has 0 saturated carbocycles. The lowest BCUT2D eigenvalue weighted by Gasteiger charge is -2.19. The number of rotatable bonds is 10. The predicted octanol–water partition coefficient (Wildman–Crippen LogP) is 0.761. The lowest BCUT2D eigenvalue weighted by Crippen LogP contribution is -2.50. The largest absolute Gasteiger partial charge is 0.425 e. The number of nitrogens with one attached hydrogen (secondary N) is 3. The molecule has 0 aliphatic rings. The molecule has 10 heteroatoms. The van der Waals surface area contributed by atoms with Crippen molar-refractivity contribution in [2.75, 3.05) is 0 Å². The van der Waals surface area contributed by atoms with Gasteiger partial charge in [-0.15, -0.1) is 0 Å². The third-order valence-electron chi connectivity index (χ3n) is 3.82. The van der Waals surface area contributed by atoms with Crippen LogP contribution >= 0.6 is 12.6 Å². The van der Waals surface area contributed by atoms with Crippen molar-refractivity contribution in [2.45, 2.75) is 51.7 Å². The van der Waals surface area contributed by atoms with E-state index in [0.717, 1.165) is 0 Å². The second-order valence-electron chi connectivity index (χ2n) is 6.35. The maximum absolute atomic E-state index is 12.3. The Morgan fingerprint density at radius 1 is 1.07 bits per heavy atom. The molecule has 0 saturated heterocycles. The topological polar surface area (TPSA) is 131 Å². The number of thiol groups is 1. The second kappa shape index (κ2) is 11.8. The molecule has 3 unspecified atom stereocenters. The molecule has 0 aromatic heterocycles. The van der Waals surface area contributed by atoms with Crippen molar-refractivity contribution in [3.8, 4) is 5.75 Å². The summed E-state index contributed by atoms with van der Waals surface area (Å²) < 4.78 is 5.16.